The number of aromatic hydroxyl groups is 1. The molecule has 1 amide bonds. The van der Waals surface area contributed by atoms with Crippen molar-refractivity contribution in [1.29, 1.82) is 0 Å². The Morgan fingerprint density at radius 3 is 2.29 bits per heavy atom. The number of aliphatic imine (C=N–C) groups is 1. The number of hydrogen-bond acceptors (Lipinski definition) is 7. The molecule has 1 aliphatic heterocycles. The molecule has 212 valence electrons. The van der Waals surface area contributed by atoms with E-state index in [2.05, 4.69) is 21.7 Å². The number of esters is 1. The molecule has 1 aromatic heterocycles. The van der Waals surface area contributed by atoms with Crippen LogP contribution in [0.4, 0.5) is 11.4 Å². The second kappa shape index (κ2) is 12.4. The highest BCUT2D eigenvalue weighted by atomic mass is 16.5. The molecular weight excluding hydrogens is 518 g/mol. The average Bonchev–Trinajstić information content (AvgIpc) is 3.34. The van der Waals surface area contributed by atoms with Crippen LogP contribution in [0.3, 0.4) is 0 Å². The highest BCUT2D eigenvalue weighted by Crippen LogP contribution is 2.32. The van der Waals surface area contributed by atoms with Crippen molar-refractivity contribution in [3.63, 3.8) is 0 Å². The molecule has 2 heterocycles. The Morgan fingerprint density at radius 2 is 1.63 bits per heavy atom. The number of carbonyl (C=O) groups excluding carboxylic acids is 2. The van der Waals surface area contributed by atoms with E-state index < -0.39 is 5.97 Å². The number of ether oxygens (including phenoxy) is 1. The summed E-state index contributed by atoms with van der Waals surface area (Å²) in [6.07, 6.45) is 0. The monoisotopic (exact) mass is 553 g/mol. The van der Waals surface area contributed by atoms with E-state index in [9.17, 15) is 14.7 Å². The van der Waals surface area contributed by atoms with E-state index in [0.717, 1.165) is 49.4 Å². The average molecular weight is 554 g/mol. The second-order valence-corrected chi connectivity index (χ2v) is 10.1. The second-order valence-electron chi connectivity index (χ2n) is 10.1. The quantitative estimate of drug-likeness (QED) is 0.247. The molecule has 0 saturated carbocycles. The Morgan fingerprint density at radius 1 is 0.951 bits per heavy atom. The van der Waals surface area contributed by atoms with Crippen molar-refractivity contribution in [2.75, 3.05) is 58.3 Å². The van der Waals surface area contributed by atoms with Crippen molar-refractivity contribution in [1.82, 2.24) is 14.8 Å². The number of fused-ring (bicyclic) bond motifs is 1. The molecule has 41 heavy (non-hydrogen) atoms. The van der Waals surface area contributed by atoms with E-state index in [0.29, 0.717) is 34.6 Å². The Bertz CT molecular complexity index is 1550. The first-order valence-corrected chi connectivity index (χ1v) is 13.8. The van der Waals surface area contributed by atoms with Gasteiger partial charge in [-0.2, -0.15) is 0 Å². The molecule has 0 aliphatic carbocycles. The summed E-state index contributed by atoms with van der Waals surface area (Å²) in [5, 5.41) is 11.7. The number of piperazine rings is 1. The molecule has 1 fully saturated rings. The molecule has 9 nitrogen and oxygen atoms in total. The Labute approximate surface area is 239 Å². The minimum atomic E-state index is -0.456. The molecular formula is C32H35N5O4. The molecule has 4 aromatic rings. The van der Waals surface area contributed by atoms with Crippen molar-refractivity contribution < 1.29 is 19.4 Å². The van der Waals surface area contributed by atoms with E-state index in [-0.39, 0.29) is 11.8 Å². The lowest BCUT2D eigenvalue weighted by Crippen LogP contribution is -2.49. The molecule has 1 saturated heterocycles. The lowest BCUT2D eigenvalue weighted by atomic mass is 10.00. The lowest BCUT2D eigenvalue weighted by molar-refractivity contribution is -0.119. The van der Waals surface area contributed by atoms with E-state index in [1.807, 2.05) is 54.6 Å². The van der Waals surface area contributed by atoms with Crippen LogP contribution in [0.15, 0.2) is 77.8 Å². The van der Waals surface area contributed by atoms with Gasteiger partial charge in [-0.05, 0) is 42.9 Å². The summed E-state index contributed by atoms with van der Waals surface area (Å²) in [5.74, 6) is -0.459. The number of likely N-dealkylation sites (N-methyl/N-ethyl adjacent to an activating group) is 2. The fourth-order valence-electron chi connectivity index (χ4n) is 5.11. The third-order valence-electron chi connectivity index (χ3n) is 7.61. The number of nitrogens with one attached hydrogen (secondary N) is 1. The molecule has 0 radical (unpaired) electrons. The number of amides is 1. The van der Waals surface area contributed by atoms with Gasteiger partial charge >= 0.3 is 5.97 Å². The third-order valence-corrected chi connectivity index (χ3v) is 7.61. The van der Waals surface area contributed by atoms with Crippen molar-refractivity contribution >= 4 is 39.9 Å². The smallest absolute Gasteiger partial charge is 0.337 e. The SMILES string of the molecule is CCN1CCN(CC(=O)N(C)c2ccc(N=C(c3ccccc3)c3c(O)[nH]c4cc(C(=O)OC)ccc34)cc2)CC1. The molecule has 0 spiro atoms. The largest absolute Gasteiger partial charge is 0.494 e. The predicted molar refractivity (Wildman–Crippen MR) is 161 cm³/mol. The minimum absolute atomic E-state index is 0.0474. The first-order valence-electron chi connectivity index (χ1n) is 13.8. The van der Waals surface area contributed by atoms with E-state index in [1.54, 1.807) is 30.1 Å². The summed E-state index contributed by atoms with van der Waals surface area (Å²) >= 11 is 0. The van der Waals surface area contributed by atoms with Gasteiger partial charge in [0.15, 0.2) is 5.88 Å². The first-order chi connectivity index (χ1) is 19.9. The number of carbonyl (C=O) groups is 2. The topological polar surface area (TPSA) is 101 Å². The van der Waals surface area contributed by atoms with Crippen LogP contribution in [-0.2, 0) is 9.53 Å². The summed E-state index contributed by atoms with van der Waals surface area (Å²) in [6, 6.07) is 22.2. The van der Waals surface area contributed by atoms with Gasteiger partial charge in [-0.25, -0.2) is 9.79 Å². The summed E-state index contributed by atoms with van der Waals surface area (Å²) in [5.41, 5.74) is 4.35. The van der Waals surface area contributed by atoms with Crippen LogP contribution in [0, 0.1) is 0 Å². The predicted octanol–water partition coefficient (Wildman–Crippen LogP) is 4.43. The normalized spacial score (nSPS) is 14.8. The first kappa shape index (κ1) is 28.1. The Kier molecular flexibility index (Phi) is 8.47. The van der Waals surface area contributed by atoms with Gasteiger partial charge < -0.3 is 24.6 Å². The highest BCUT2D eigenvalue weighted by molar-refractivity contribution is 6.22. The zero-order valence-corrected chi connectivity index (χ0v) is 23.6. The number of H-pyrrole nitrogens is 1. The molecule has 0 bridgehead atoms. The fourth-order valence-corrected chi connectivity index (χ4v) is 5.11. The number of benzene rings is 3. The summed E-state index contributed by atoms with van der Waals surface area (Å²) in [4.78, 5) is 39.2. The van der Waals surface area contributed by atoms with Crippen LogP contribution in [0.25, 0.3) is 10.9 Å². The number of methoxy groups -OCH3 is 1. The standard InChI is InChI=1S/C32H35N5O4/c1-4-36-16-18-37(19-17-36)21-28(38)35(2)25-13-11-24(12-14-25)33-30(22-8-6-5-7-9-22)29-26-15-10-23(32(40)41-3)20-27(26)34-31(29)39/h5-15,20,34,39H,4,16-19,21H2,1-3H3. The van der Waals surface area contributed by atoms with Gasteiger partial charge in [0, 0.05) is 55.4 Å². The number of anilines is 1. The molecule has 2 N–H and O–H groups in total. The van der Waals surface area contributed by atoms with Crippen molar-refractivity contribution in [2.24, 2.45) is 4.99 Å². The van der Waals surface area contributed by atoms with Crippen LogP contribution in [0.5, 0.6) is 5.88 Å². The lowest BCUT2D eigenvalue weighted by Gasteiger charge is -2.34. The third kappa shape index (κ3) is 6.16. The van der Waals surface area contributed by atoms with Gasteiger partial charge in [0.25, 0.3) is 0 Å². The zero-order chi connectivity index (χ0) is 28.9. The van der Waals surface area contributed by atoms with E-state index in [4.69, 9.17) is 9.73 Å². The molecule has 9 heteroatoms. The number of hydrogen-bond donors (Lipinski definition) is 2. The Balaban J connectivity index is 1.42. The van der Waals surface area contributed by atoms with E-state index >= 15 is 0 Å². The van der Waals surface area contributed by atoms with Crippen LogP contribution >= 0.6 is 0 Å². The van der Waals surface area contributed by atoms with Gasteiger partial charge in [-0.3, -0.25) is 9.69 Å². The Hall–Kier alpha value is -4.47. The number of aromatic amines is 1. The zero-order valence-electron chi connectivity index (χ0n) is 23.6. The minimum Gasteiger partial charge on any atom is -0.494 e. The van der Waals surface area contributed by atoms with Gasteiger partial charge in [-0.1, -0.05) is 43.3 Å². The maximum absolute atomic E-state index is 13.0. The van der Waals surface area contributed by atoms with Gasteiger partial charge in [-0.15, -0.1) is 0 Å². The van der Waals surface area contributed by atoms with Crippen LogP contribution in [0.2, 0.25) is 0 Å². The number of nitrogens with zero attached hydrogens (tertiary/aromatic N) is 4. The van der Waals surface area contributed by atoms with Crippen molar-refractivity contribution in [3.8, 4) is 5.88 Å². The van der Waals surface area contributed by atoms with Gasteiger partial charge in [0.2, 0.25) is 5.91 Å². The van der Waals surface area contributed by atoms with Crippen LogP contribution in [-0.4, -0.2) is 90.9 Å². The van der Waals surface area contributed by atoms with Gasteiger partial charge in [0.05, 0.1) is 36.2 Å². The maximum atomic E-state index is 13.0. The van der Waals surface area contributed by atoms with Crippen LogP contribution in [0.1, 0.15) is 28.4 Å². The number of aromatic nitrogens is 1. The molecule has 0 atom stereocenters. The molecule has 3 aromatic carbocycles. The summed E-state index contributed by atoms with van der Waals surface area (Å²) < 4.78 is 4.84. The van der Waals surface area contributed by atoms with Crippen LogP contribution < -0.4 is 4.90 Å². The highest BCUT2D eigenvalue weighted by Gasteiger charge is 2.22. The maximum Gasteiger partial charge on any atom is 0.337 e. The summed E-state index contributed by atoms with van der Waals surface area (Å²) in [7, 11) is 3.13. The molecule has 1 aliphatic rings. The van der Waals surface area contributed by atoms with Gasteiger partial charge in [0.1, 0.15) is 0 Å². The van der Waals surface area contributed by atoms with E-state index in [1.165, 1.54) is 7.11 Å². The number of rotatable bonds is 8. The van der Waals surface area contributed by atoms with Crippen molar-refractivity contribution in [3.05, 3.63) is 89.5 Å². The molecule has 0 unspecified atom stereocenters. The molecule has 5 rings (SSSR count). The summed E-state index contributed by atoms with van der Waals surface area (Å²) in [6.45, 7) is 7.37. The van der Waals surface area contributed by atoms with Crippen molar-refractivity contribution in [2.45, 2.75) is 6.92 Å². The fraction of sp³-hybridized carbons (Fsp3) is 0.281.